The molecule has 0 aliphatic carbocycles. The van der Waals surface area contributed by atoms with Gasteiger partial charge in [0, 0.05) is 24.4 Å². The van der Waals surface area contributed by atoms with E-state index >= 15 is 0 Å². The van der Waals surface area contributed by atoms with E-state index in [4.69, 9.17) is 9.47 Å². The molecular weight excluding hydrogens is 394 g/mol. The highest BCUT2D eigenvalue weighted by atomic mass is 32.1. The van der Waals surface area contributed by atoms with E-state index in [0.717, 1.165) is 20.2 Å². The molecule has 0 atom stereocenters. The quantitative estimate of drug-likeness (QED) is 0.460. The summed E-state index contributed by atoms with van der Waals surface area (Å²) in [6.07, 6.45) is 0.539. The monoisotopic (exact) mass is 417 g/mol. The third-order valence-corrected chi connectivity index (χ3v) is 5.52. The summed E-state index contributed by atoms with van der Waals surface area (Å²) < 4.78 is 10.5. The van der Waals surface area contributed by atoms with Crippen LogP contribution in [0.15, 0.2) is 35.7 Å². The van der Waals surface area contributed by atoms with Gasteiger partial charge in [-0.15, -0.1) is 11.3 Å². The van der Waals surface area contributed by atoms with Crippen molar-refractivity contribution in [3.63, 3.8) is 0 Å². The van der Waals surface area contributed by atoms with Crippen LogP contribution in [0.5, 0.6) is 11.5 Å². The van der Waals surface area contributed by atoms with Crippen LogP contribution in [0.1, 0.15) is 10.4 Å². The maximum absolute atomic E-state index is 12.6. The third kappa shape index (κ3) is 4.57. The van der Waals surface area contributed by atoms with Gasteiger partial charge in [-0.2, -0.15) is 0 Å². The Morgan fingerprint density at radius 2 is 1.72 bits per heavy atom. The van der Waals surface area contributed by atoms with Crippen LogP contribution in [0.25, 0.3) is 0 Å². The molecule has 0 spiro atoms. The topological polar surface area (TPSA) is 79.4 Å². The maximum Gasteiger partial charge on any atom is 0.335 e. The minimum atomic E-state index is -0.791. The second kappa shape index (κ2) is 9.06. The van der Waals surface area contributed by atoms with E-state index in [1.165, 1.54) is 0 Å². The molecule has 0 radical (unpaired) electrons. The van der Waals surface area contributed by atoms with Crippen molar-refractivity contribution >= 4 is 29.2 Å². The van der Waals surface area contributed by atoms with Gasteiger partial charge in [0.2, 0.25) is 0 Å². The smallest absolute Gasteiger partial charge is 0.335 e. The molecule has 1 saturated heterocycles. The number of benzene rings is 1. The number of imide groups is 2. The summed E-state index contributed by atoms with van der Waals surface area (Å²) in [4.78, 5) is 42.0. The highest BCUT2D eigenvalue weighted by Crippen LogP contribution is 2.28. The minimum Gasteiger partial charge on any atom is -0.493 e. The Balaban J connectivity index is 1.62. The van der Waals surface area contributed by atoms with Crippen molar-refractivity contribution in [2.45, 2.75) is 13.0 Å². The average molecular weight is 417 g/mol. The largest absolute Gasteiger partial charge is 0.493 e. The summed E-state index contributed by atoms with van der Waals surface area (Å²) in [5.41, 5.74) is 0.921. The number of rotatable bonds is 9. The predicted octanol–water partition coefficient (Wildman–Crippen LogP) is 2.19. The van der Waals surface area contributed by atoms with Gasteiger partial charge in [-0.25, -0.2) is 9.69 Å². The number of ether oxygens (including phenoxy) is 2. The lowest BCUT2D eigenvalue weighted by Gasteiger charge is -2.23. The number of nitrogens with zero attached hydrogens (tertiary/aromatic N) is 3. The summed E-state index contributed by atoms with van der Waals surface area (Å²) in [6, 6.07) is 8.78. The van der Waals surface area contributed by atoms with Gasteiger partial charge >= 0.3 is 17.8 Å². The number of hydrogen-bond donors (Lipinski definition) is 0. The third-order valence-electron chi connectivity index (χ3n) is 4.58. The molecule has 29 heavy (non-hydrogen) atoms. The highest BCUT2D eigenvalue weighted by Gasteiger charge is 2.44. The summed E-state index contributed by atoms with van der Waals surface area (Å²) in [7, 11) is 4.90. The van der Waals surface area contributed by atoms with Crippen molar-refractivity contribution < 1.29 is 23.9 Å². The zero-order valence-corrected chi connectivity index (χ0v) is 17.4. The first kappa shape index (κ1) is 20.8. The van der Waals surface area contributed by atoms with E-state index in [2.05, 4.69) is 0 Å². The Bertz CT molecular complexity index is 900. The molecule has 3 rings (SSSR count). The Kier molecular flexibility index (Phi) is 6.50. The van der Waals surface area contributed by atoms with Gasteiger partial charge in [-0.1, -0.05) is 12.1 Å². The number of carbonyl (C=O) groups is 3. The molecule has 2 heterocycles. The van der Waals surface area contributed by atoms with Crippen molar-refractivity contribution in [3.05, 3.63) is 46.2 Å². The Morgan fingerprint density at radius 1 is 1.00 bits per heavy atom. The first-order valence-corrected chi connectivity index (χ1v) is 9.91. The second-order valence-electron chi connectivity index (χ2n) is 6.65. The molecule has 1 aromatic heterocycles. The molecule has 8 nitrogen and oxygen atoms in total. The van der Waals surface area contributed by atoms with Crippen LogP contribution in [0.3, 0.4) is 0 Å². The van der Waals surface area contributed by atoms with Gasteiger partial charge in [0.05, 0.1) is 20.9 Å². The number of amides is 4. The van der Waals surface area contributed by atoms with E-state index in [9.17, 15) is 14.4 Å². The summed E-state index contributed by atoms with van der Waals surface area (Å²) in [5, 5.41) is 1.93. The fraction of sp³-hybridized carbons (Fsp3) is 0.350. The van der Waals surface area contributed by atoms with Crippen LogP contribution in [0, 0.1) is 0 Å². The van der Waals surface area contributed by atoms with Gasteiger partial charge in [-0.05, 0) is 36.2 Å². The van der Waals surface area contributed by atoms with Crippen molar-refractivity contribution in [3.8, 4) is 11.5 Å². The van der Waals surface area contributed by atoms with Crippen LogP contribution in [-0.4, -0.2) is 67.0 Å². The summed E-state index contributed by atoms with van der Waals surface area (Å²) in [5.74, 6) is -0.344. The fourth-order valence-corrected chi connectivity index (χ4v) is 3.83. The Morgan fingerprint density at radius 3 is 2.38 bits per heavy atom. The molecule has 1 fully saturated rings. The lowest BCUT2D eigenvalue weighted by atomic mass is 10.2. The van der Waals surface area contributed by atoms with E-state index in [0.29, 0.717) is 24.5 Å². The molecule has 4 amide bonds. The lowest BCUT2D eigenvalue weighted by molar-refractivity contribution is -0.143. The SMILES string of the molecule is COc1ccc(CN(C)CN2C(=O)C(=O)N(CCc3cccs3)C2=O)cc1OC. The number of methoxy groups -OCH3 is 2. The van der Waals surface area contributed by atoms with E-state index in [1.54, 1.807) is 43.6 Å². The lowest BCUT2D eigenvalue weighted by Crippen LogP contribution is -2.40. The number of carbonyl (C=O) groups excluding carboxylic acids is 3. The molecular formula is C20H23N3O5S. The molecule has 0 saturated carbocycles. The summed E-state index contributed by atoms with van der Waals surface area (Å²) >= 11 is 1.55. The number of urea groups is 1. The zero-order chi connectivity index (χ0) is 21.0. The molecule has 1 aliphatic rings. The fourth-order valence-electron chi connectivity index (χ4n) is 3.13. The minimum absolute atomic E-state index is 0.0211. The van der Waals surface area contributed by atoms with Gasteiger partial charge < -0.3 is 9.47 Å². The van der Waals surface area contributed by atoms with Crippen LogP contribution in [-0.2, 0) is 22.6 Å². The first-order chi connectivity index (χ1) is 13.9. The number of thiophene rings is 1. The zero-order valence-electron chi connectivity index (χ0n) is 16.6. The average Bonchev–Trinajstić information content (AvgIpc) is 3.30. The number of hydrogen-bond acceptors (Lipinski definition) is 7. The Labute approximate surface area is 173 Å². The second-order valence-corrected chi connectivity index (χ2v) is 7.68. The van der Waals surface area contributed by atoms with Crippen LogP contribution in [0.4, 0.5) is 4.79 Å². The normalized spacial score (nSPS) is 14.3. The maximum atomic E-state index is 12.6. The molecule has 154 valence electrons. The van der Waals surface area contributed by atoms with Crippen molar-refractivity contribution in [2.75, 3.05) is 34.5 Å². The standard InChI is InChI=1S/C20H23N3O5S/c1-21(12-14-6-7-16(27-2)17(11-14)28-3)13-23-19(25)18(24)22(20(23)26)9-8-15-5-4-10-29-15/h4-7,10-11H,8-9,12-13H2,1-3H3. The first-order valence-electron chi connectivity index (χ1n) is 9.03. The summed E-state index contributed by atoms with van der Waals surface area (Å²) in [6.45, 7) is 0.674. The van der Waals surface area contributed by atoms with E-state index in [1.807, 2.05) is 29.6 Å². The van der Waals surface area contributed by atoms with Crippen LogP contribution < -0.4 is 9.47 Å². The van der Waals surface area contributed by atoms with Crippen LogP contribution in [0.2, 0.25) is 0 Å². The van der Waals surface area contributed by atoms with Gasteiger partial charge in [0.15, 0.2) is 11.5 Å². The molecule has 0 bridgehead atoms. The Hall–Kier alpha value is -2.91. The molecule has 9 heteroatoms. The van der Waals surface area contributed by atoms with Gasteiger partial charge in [-0.3, -0.25) is 19.4 Å². The van der Waals surface area contributed by atoms with Crippen molar-refractivity contribution in [2.24, 2.45) is 0 Å². The van der Waals surface area contributed by atoms with Crippen LogP contribution >= 0.6 is 11.3 Å². The van der Waals surface area contributed by atoms with Crippen molar-refractivity contribution in [1.29, 1.82) is 0 Å². The molecule has 0 N–H and O–H groups in total. The molecule has 1 aromatic carbocycles. The molecule has 1 aliphatic heterocycles. The van der Waals surface area contributed by atoms with Gasteiger partial charge in [0.1, 0.15) is 0 Å². The predicted molar refractivity (Wildman–Crippen MR) is 108 cm³/mol. The van der Waals surface area contributed by atoms with Crippen molar-refractivity contribution in [1.82, 2.24) is 14.7 Å². The molecule has 0 unspecified atom stereocenters. The van der Waals surface area contributed by atoms with E-state index in [-0.39, 0.29) is 13.2 Å². The van der Waals surface area contributed by atoms with E-state index < -0.39 is 17.8 Å². The van der Waals surface area contributed by atoms with Gasteiger partial charge in [0.25, 0.3) is 0 Å². The molecule has 2 aromatic rings. The highest BCUT2D eigenvalue weighted by molar-refractivity contribution is 7.09.